The molecule has 0 radical (unpaired) electrons. The topological polar surface area (TPSA) is 77.5 Å². The minimum Gasteiger partial charge on any atom is -0.508 e. The van der Waals surface area contributed by atoms with Gasteiger partial charge < -0.3 is 15.6 Å². The molecule has 6 heteroatoms. The molecule has 0 fully saturated rings. The number of aromatic nitrogens is 1. The molecule has 24 heavy (non-hydrogen) atoms. The number of nitrogens with two attached hydrogens (primary N) is 1. The lowest BCUT2D eigenvalue weighted by atomic mass is 9.90. The summed E-state index contributed by atoms with van der Waals surface area (Å²) in [7, 11) is 0. The molecule has 2 aromatic rings. The fourth-order valence-corrected chi connectivity index (χ4v) is 2.89. The van der Waals surface area contributed by atoms with Crippen LogP contribution in [0.1, 0.15) is 31.9 Å². The minimum absolute atomic E-state index is 0.0714. The number of nitrogens with zero attached hydrogens (tertiary/aromatic N) is 1. The van der Waals surface area contributed by atoms with Crippen molar-refractivity contribution in [2.24, 2.45) is 5.73 Å². The average Bonchev–Trinajstić information content (AvgIpc) is 2.49. The van der Waals surface area contributed by atoms with Crippen molar-refractivity contribution >= 4 is 22.9 Å². The maximum atomic E-state index is 12.4. The number of thiocarbonyl (C=S) groups is 1. The summed E-state index contributed by atoms with van der Waals surface area (Å²) in [5, 5.41) is 9.53. The van der Waals surface area contributed by atoms with Crippen LogP contribution >= 0.6 is 12.2 Å². The molecule has 5 nitrogen and oxygen atoms in total. The van der Waals surface area contributed by atoms with E-state index in [-0.39, 0.29) is 16.3 Å². The molecule has 1 aliphatic heterocycles. The van der Waals surface area contributed by atoms with Gasteiger partial charge in [0.05, 0.1) is 5.70 Å². The molecule has 1 aromatic carbocycles. The van der Waals surface area contributed by atoms with Gasteiger partial charge in [0.15, 0.2) is 0 Å². The van der Waals surface area contributed by atoms with Gasteiger partial charge in [-0.1, -0.05) is 12.2 Å². The largest absolute Gasteiger partial charge is 0.508 e. The Kier molecular flexibility index (Phi) is 3.72. The van der Waals surface area contributed by atoms with E-state index in [9.17, 15) is 9.90 Å². The first-order valence-corrected chi connectivity index (χ1v) is 7.88. The lowest BCUT2D eigenvalue weighted by Gasteiger charge is -2.36. The van der Waals surface area contributed by atoms with Crippen LogP contribution in [0.4, 0.5) is 0 Å². The molecule has 0 saturated heterocycles. The van der Waals surface area contributed by atoms with E-state index in [1.54, 1.807) is 12.3 Å². The van der Waals surface area contributed by atoms with Gasteiger partial charge in [-0.2, -0.15) is 0 Å². The first-order valence-electron chi connectivity index (χ1n) is 7.47. The van der Waals surface area contributed by atoms with Gasteiger partial charge in [0.2, 0.25) is 0 Å². The molecule has 0 bridgehead atoms. The summed E-state index contributed by atoms with van der Waals surface area (Å²) in [6.45, 7) is 5.81. The molecule has 1 aromatic heterocycles. The van der Waals surface area contributed by atoms with Crippen LogP contribution in [0.2, 0.25) is 0 Å². The molecule has 3 rings (SSSR count). The quantitative estimate of drug-likeness (QED) is 0.821. The van der Waals surface area contributed by atoms with E-state index in [1.807, 2.05) is 32.9 Å². The van der Waals surface area contributed by atoms with Crippen molar-refractivity contribution in [3.63, 3.8) is 0 Å². The van der Waals surface area contributed by atoms with E-state index in [0.29, 0.717) is 17.0 Å². The molecule has 1 aliphatic rings. The molecular weight excluding hydrogens is 324 g/mol. The van der Waals surface area contributed by atoms with E-state index in [4.69, 9.17) is 22.7 Å². The Labute approximate surface area is 145 Å². The highest BCUT2D eigenvalue weighted by atomic mass is 32.1. The van der Waals surface area contributed by atoms with Crippen LogP contribution in [0.3, 0.4) is 0 Å². The molecule has 0 atom stereocenters. The molecule has 0 amide bonds. The number of hydrogen-bond acceptors (Lipinski definition) is 4. The lowest BCUT2D eigenvalue weighted by molar-refractivity contribution is 0.143. The Bertz CT molecular complexity index is 942. The number of rotatable bonds is 2. The van der Waals surface area contributed by atoms with Gasteiger partial charge in [-0.25, -0.2) is 0 Å². The monoisotopic (exact) mass is 342 g/mol. The van der Waals surface area contributed by atoms with Gasteiger partial charge in [0, 0.05) is 23.4 Å². The Morgan fingerprint density at radius 2 is 2.00 bits per heavy atom. The van der Waals surface area contributed by atoms with Crippen LogP contribution < -0.4 is 16.0 Å². The van der Waals surface area contributed by atoms with Crippen LogP contribution in [0.15, 0.2) is 46.9 Å². The summed E-state index contributed by atoms with van der Waals surface area (Å²) in [5.41, 5.74) is 7.88. The average molecular weight is 342 g/mol. The van der Waals surface area contributed by atoms with E-state index in [0.717, 1.165) is 11.1 Å². The summed E-state index contributed by atoms with van der Waals surface area (Å²) in [6, 6.07) is 8.09. The zero-order valence-electron chi connectivity index (χ0n) is 13.7. The summed E-state index contributed by atoms with van der Waals surface area (Å²) < 4.78 is 7.58. The Hall–Kier alpha value is -2.60. The summed E-state index contributed by atoms with van der Waals surface area (Å²) in [4.78, 5) is 12.7. The van der Waals surface area contributed by atoms with Crippen LogP contribution in [-0.4, -0.2) is 20.3 Å². The van der Waals surface area contributed by atoms with Crippen molar-refractivity contribution in [1.82, 2.24) is 4.57 Å². The molecule has 2 heterocycles. The van der Waals surface area contributed by atoms with Crippen molar-refractivity contribution in [3.05, 3.63) is 63.6 Å². The Balaban J connectivity index is 2.35. The Morgan fingerprint density at radius 3 is 2.62 bits per heavy atom. The second-order valence-corrected chi connectivity index (χ2v) is 6.69. The molecule has 3 N–H and O–H groups in total. The minimum atomic E-state index is -0.579. The van der Waals surface area contributed by atoms with Gasteiger partial charge in [0.1, 0.15) is 22.1 Å². The van der Waals surface area contributed by atoms with Crippen LogP contribution in [-0.2, 0) is 0 Å². The number of pyridine rings is 1. The highest BCUT2D eigenvalue weighted by Gasteiger charge is 2.33. The third kappa shape index (κ3) is 2.59. The SMILES string of the molecule is CC1=C(n2ccc(O)cc2=O)c2cc(C(N)=S)ccc2OC1(C)C. The van der Waals surface area contributed by atoms with Crippen LogP contribution in [0, 0.1) is 0 Å². The zero-order chi connectivity index (χ0) is 17.6. The van der Waals surface area contributed by atoms with Crippen molar-refractivity contribution in [3.8, 4) is 11.5 Å². The maximum absolute atomic E-state index is 12.4. The van der Waals surface area contributed by atoms with Gasteiger partial charge in [0.25, 0.3) is 5.56 Å². The summed E-state index contributed by atoms with van der Waals surface area (Å²) in [6.07, 6.45) is 1.55. The van der Waals surface area contributed by atoms with Gasteiger partial charge in [-0.15, -0.1) is 0 Å². The number of ether oxygens (including phenoxy) is 1. The smallest absolute Gasteiger partial charge is 0.258 e. The first kappa shape index (κ1) is 16.3. The molecule has 0 unspecified atom stereocenters. The fraction of sp³-hybridized carbons (Fsp3) is 0.222. The third-order valence-corrected chi connectivity index (χ3v) is 4.52. The zero-order valence-corrected chi connectivity index (χ0v) is 14.5. The molecular formula is C18H18N2O3S. The number of benzene rings is 1. The van der Waals surface area contributed by atoms with Crippen molar-refractivity contribution < 1.29 is 9.84 Å². The van der Waals surface area contributed by atoms with Crippen molar-refractivity contribution in [2.75, 3.05) is 0 Å². The Morgan fingerprint density at radius 1 is 1.29 bits per heavy atom. The van der Waals surface area contributed by atoms with Gasteiger partial charge >= 0.3 is 0 Å². The number of fused-ring (bicyclic) bond motifs is 1. The fourth-order valence-electron chi connectivity index (χ4n) is 2.76. The lowest BCUT2D eigenvalue weighted by Crippen LogP contribution is -2.36. The maximum Gasteiger partial charge on any atom is 0.258 e. The molecule has 124 valence electrons. The van der Waals surface area contributed by atoms with Crippen molar-refractivity contribution in [1.29, 1.82) is 0 Å². The summed E-state index contributed by atoms with van der Waals surface area (Å²) >= 11 is 5.06. The normalized spacial score (nSPS) is 15.6. The number of hydrogen-bond donors (Lipinski definition) is 2. The van der Waals surface area contributed by atoms with Gasteiger partial charge in [-0.3, -0.25) is 9.36 Å². The molecule has 0 aliphatic carbocycles. The second-order valence-electron chi connectivity index (χ2n) is 6.25. The first-order chi connectivity index (χ1) is 11.2. The van der Waals surface area contributed by atoms with E-state index in [2.05, 4.69) is 0 Å². The standard InChI is InChI=1S/C18H18N2O3S/c1-10-16(20-7-6-12(21)9-15(20)22)13-8-11(17(19)24)4-5-14(13)23-18(10,2)3/h4-9,21H,1-3H3,(H2,19,24). The summed E-state index contributed by atoms with van der Waals surface area (Å²) in [5.74, 6) is 0.582. The van der Waals surface area contributed by atoms with Gasteiger partial charge in [-0.05, 0) is 50.6 Å². The van der Waals surface area contributed by atoms with Crippen LogP contribution in [0.5, 0.6) is 11.5 Å². The van der Waals surface area contributed by atoms with Crippen LogP contribution in [0.25, 0.3) is 5.70 Å². The highest BCUT2D eigenvalue weighted by Crippen LogP contribution is 2.41. The second kappa shape index (κ2) is 5.49. The number of aromatic hydroxyl groups is 1. The molecule has 0 spiro atoms. The predicted octanol–water partition coefficient (Wildman–Crippen LogP) is 2.64. The third-order valence-electron chi connectivity index (χ3n) is 4.29. The predicted molar refractivity (Wildman–Crippen MR) is 97.4 cm³/mol. The van der Waals surface area contributed by atoms with E-state index < -0.39 is 5.60 Å². The molecule has 0 saturated carbocycles. The van der Waals surface area contributed by atoms with E-state index >= 15 is 0 Å². The van der Waals surface area contributed by atoms with Crippen molar-refractivity contribution in [2.45, 2.75) is 26.4 Å². The van der Waals surface area contributed by atoms with E-state index in [1.165, 1.54) is 16.7 Å². The highest BCUT2D eigenvalue weighted by molar-refractivity contribution is 7.80.